The Bertz CT molecular complexity index is 491. The maximum atomic E-state index is 5.41. The largest absolute Gasteiger partial charge is 0.337 e. The van der Waals surface area contributed by atoms with E-state index in [0.29, 0.717) is 11.7 Å². The Morgan fingerprint density at radius 1 is 1.44 bits per heavy atom. The summed E-state index contributed by atoms with van der Waals surface area (Å²) < 4.78 is 5.41. The molecule has 18 heavy (non-hydrogen) atoms. The molecule has 0 bridgehead atoms. The van der Waals surface area contributed by atoms with E-state index < -0.39 is 0 Å². The van der Waals surface area contributed by atoms with Gasteiger partial charge in [0, 0.05) is 10.9 Å². The highest BCUT2D eigenvalue weighted by molar-refractivity contribution is 7.08. The van der Waals surface area contributed by atoms with Crippen LogP contribution in [0.5, 0.6) is 0 Å². The summed E-state index contributed by atoms with van der Waals surface area (Å²) in [5.41, 5.74) is 0.879. The topological polar surface area (TPSA) is 51.0 Å². The maximum Gasteiger partial charge on any atom is 0.246 e. The molecular weight excluding hydrogens is 270 g/mol. The molecule has 0 aliphatic carbocycles. The van der Waals surface area contributed by atoms with Gasteiger partial charge in [-0.1, -0.05) is 5.16 Å². The number of hydrogen-bond donors (Lipinski definition) is 1. The van der Waals surface area contributed by atoms with Gasteiger partial charge in [-0.2, -0.15) is 16.3 Å². The van der Waals surface area contributed by atoms with Crippen LogP contribution in [0.4, 0.5) is 0 Å². The van der Waals surface area contributed by atoms with Gasteiger partial charge in [0.25, 0.3) is 0 Å². The normalized spacial score (nSPS) is 23.6. The second-order valence-corrected chi connectivity index (χ2v) is 5.43. The minimum atomic E-state index is -0.153. The van der Waals surface area contributed by atoms with Gasteiger partial charge in [0.15, 0.2) is 0 Å². The Morgan fingerprint density at radius 3 is 3.00 bits per heavy atom. The molecule has 1 fully saturated rings. The van der Waals surface area contributed by atoms with Crippen LogP contribution in [-0.4, -0.2) is 16.7 Å². The van der Waals surface area contributed by atoms with Crippen molar-refractivity contribution in [3.05, 3.63) is 22.7 Å². The Morgan fingerprint density at radius 2 is 2.33 bits per heavy atom. The van der Waals surface area contributed by atoms with Gasteiger partial charge in [-0.05, 0) is 44.2 Å². The average Bonchev–Trinajstić information content (AvgIpc) is 3.01. The number of hydrogen-bond acceptors (Lipinski definition) is 5. The molecule has 2 aromatic rings. The first kappa shape index (κ1) is 13.5. The molecule has 0 radical (unpaired) electrons. The molecule has 1 N–H and O–H groups in total. The number of nitrogens with zero attached hydrogens (tertiary/aromatic N) is 2. The molecule has 98 valence electrons. The molecule has 0 spiro atoms. The third-order valence-electron chi connectivity index (χ3n) is 3.30. The van der Waals surface area contributed by atoms with Crippen molar-refractivity contribution in [2.45, 2.75) is 31.7 Å². The van der Waals surface area contributed by atoms with Crippen molar-refractivity contribution in [2.24, 2.45) is 0 Å². The molecule has 1 unspecified atom stereocenters. The van der Waals surface area contributed by atoms with Gasteiger partial charge in [0.05, 0.1) is 5.54 Å². The van der Waals surface area contributed by atoms with Gasteiger partial charge < -0.3 is 9.84 Å². The van der Waals surface area contributed by atoms with Crippen LogP contribution in [0.2, 0.25) is 0 Å². The average molecular weight is 286 g/mol. The molecule has 1 atom stereocenters. The minimum absolute atomic E-state index is 0. The smallest absolute Gasteiger partial charge is 0.246 e. The second-order valence-electron chi connectivity index (χ2n) is 4.65. The summed E-state index contributed by atoms with van der Waals surface area (Å²) >= 11 is 1.64. The van der Waals surface area contributed by atoms with Crippen LogP contribution < -0.4 is 5.32 Å². The summed E-state index contributed by atoms with van der Waals surface area (Å²) in [6, 6.07) is 2.01. The fraction of sp³-hybridized carbons (Fsp3) is 0.500. The molecule has 4 nitrogen and oxygen atoms in total. The number of thiophene rings is 1. The zero-order valence-corrected chi connectivity index (χ0v) is 11.8. The lowest BCUT2D eigenvalue weighted by atomic mass is 9.91. The molecule has 1 aliphatic heterocycles. The molecule has 6 heteroatoms. The fourth-order valence-corrected chi connectivity index (χ4v) is 2.83. The quantitative estimate of drug-likeness (QED) is 0.920. The molecule has 3 heterocycles. The first-order valence-corrected chi connectivity index (χ1v) is 6.84. The molecular formula is C12H16ClN3OS. The van der Waals surface area contributed by atoms with Crippen LogP contribution in [0, 0.1) is 0 Å². The lowest BCUT2D eigenvalue weighted by Gasteiger charge is -2.31. The van der Waals surface area contributed by atoms with Crippen molar-refractivity contribution in [1.29, 1.82) is 0 Å². The predicted octanol–water partition coefficient (Wildman–Crippen LogP) is 3.21. The summed E-state index contributed by atoms with van der Waals surface area (Å²) in [5.74, 6) is 1.40. The first-order chi connectivity index (χ1) is 8.28. The van der Waals surface area contributed by atoms with Crippen molar-refractivity contribution in [3.63, 3.8) is 0 Å². The van der Waals surface area contributed by atoms with Crippen LogP contribution in [0.1, 0.15) is 32.1 Å². The fourth-order valence-electron chi connectivity index (χ4n) is 2.20. The maximum absolute atomic E-state index is 5.41. The highest BCUT2D eigenvalue weighted by atomic mass is 35.5. The van der Waals surface area contributed by atoms with Crippen LogP contribution >= 0.6 is 23.7 Å². The standard InChI is InChI=1S/C12H15N3OS.ClH/c1-12(5-2-3-6-13-12)11-14-10(15-16-11)9-4-7-17-8-9;/h4,7-8,13H,2-3,5-6H2,1H3;1H. The van der Waals surface area contributed by atoms with Crippen LogP contribution in [0.3, 0.4) is 0 Å². The number of halogens is 1. The third-order valence-corrected chi connectivity index (χ3v) is 3.98. The van der Waals surface area contributed by atoms with E-state index in [1.807, 2.05) is 16.8 Å². The summed E-state index contributed by atoms with van der Waals surface area (Å²) in [4.78, 5) is 4.51. The molecule has 1 aliphatic rings. The SMILES string of the molecule is CC1(c2nc(-c3ccsc3)no2)CCCCN1.Cl. The van der Waals surface area contributed by atoms with Crippen molar-refractivity contribution in [2.75, 3.05) is 6.54 Å². The Labute approximate surface area is 116 Å². The van der Waals surface area contributed by atoms with Crippen LogP contribution in [0.25, 0.3) is 11.4 Å². The minimum Gasteiger partial charge on any atom is -0.337 e. The molecule has 2 aromatic heterocycles. The summed E-state index contributed by atoms with van der Waals surface area (Å²) in [6.07, 6.45) is 3.49. The van der Waals surface area contributed by atoms with E-state index in [2.05, 4.69) is 22.4 Å². The molecule has 3 rings (SSSR count). The second kappa shape index (κ2) is 5.38. The monoisotopic (exact) mass is 285 g/mol. The van der Waals surface area contributed by atoms with Gasteiger partial charge in [-0.25, -0.2) is 0 Å². The predicted molar refractivity (Wildman–Crippen MR) is 74.1 cm³/mol. The molecule has 0 saturated carbocycles. The van der Waals surface area contributed by atoms with Crippen molar-refractivity contribution in [1.82, 2.24) is 15.5 Å². The lowest BCUT2D eigenvalue weighted by Crippen LogP contribution is -2.43. The van der Waals surface area contributed by atoms with E-state index in [9.17, 15) is 0 Å². The zero-order valence-electron chi connectivity index (χ0n) is 10.2. The van der Waals surface area contributed by atoms with E-state index in [0.717, 1.165) is 18.5 Å². The molecule has 0 aromatic carbocycles. The van der Waals surface area contributed by atoms with Crippen molar-refractivity contribution in [3.8, 4) is 11.4 Å². The van der Waals surface area contributed by atoms with E-state index in [1.54, 1.807) is 11.3 Å². The number of piperidine rings is 1. The van der Waals surface area contributed by atoms with E-state index in [-0.39, 0.29) is 17.9 Å². The highest BCUT2D eigenvalue weighted by Gasteiger charge is 2.34. The summed E-state index contributed by atoms with van der Waals surface area (Å²) in [6.45, 7) is 3.16. The Balaban J connectivity index is 0.00000120. The van der Waals surface area contributed by atoms with Crippen molar-refractivity contribution < 1.29 is 4.52 Å². The van der Waals surface area contributed by atoms with Gasteiger partial charge >= 0.3 is 0 Å². The van der Waals surface area contributed by atoms with Gasteiger partial charge in [0.1, 0.15) is 0 Å². The van der Waals surface area contributed by atoms with Gasteiger partial charge in [-0.3, -0.25) is 0 Å². The number of nitrogens with one attached hydrogen (secondary N) is 1. The Kier molecular flexibility index (Phi) is 4.04. The van der Waals surface area contributed by atoms with Gasteiger partial charge in [-0.15, -0.1) is 12.4 Å². The lowest BCUT2D eigenvalue weighted by molar-refractivity contribution is 0.207. The molecule has 1 saturated heterocycles. The zero-order chi connectivity index (χ0) is 11.7. The van der Waals surface area contributed by atoms with Crippen LogP contribution in [-0.2, 0) is 5.54 Å². The summed E-state index contributed by atoms with van der Waals surface area (Å²) in [5, 5.41) is 11.6. The molecule has 0 amide bonds. The van der Waals surface area contributed by atoms with E-state index >= 15 is 0 Å². The third kappa shape index (κ3) is 2.43. The van der Waals surface area contributed by atoms with E-state index in [4.69, 9.17) is 4.52 Å². The summed E-state index contributed by atoms with van der Waals surface area (Å²) in [7, 11) is 0. The van der Waals surface area contributed by atoms with Crippen LogP contribution in [0.15, 0.2) is 21.3 Å². The van der Waals surface area contributed by atoms with Crippen molar-refractivity contribution >= 4 is 23.7 Å². The number of aromatic nitrogens is 2. The van der Waals surface area contributed by atoms with E-state index in [1.165, 1.54) is 12.8 Å². The highest BCUT2D eigenvalue weighted by Crippen LogP contribution is 2.30. The van der Waals surface area contributed by atoms with Gasteiger partial charge in [0.2, 0.25) is 11.7 Å². The Hall–Kier alpha value is -0.910. The number of rotatable bonds is 2. The first-order valence-electron chi connectivity index (χ1n) is 5.90.